The molecule has 0 aliphatic heterocycles. The fraction of sp³-hybridized carbons (Fsp3) is 0.583. The lowest BCUT2D eigenvalue weighted by Gasteiger charge is -2.18. The van der Waals surface area contributed by atoms with E-state index < -0.39 is 0 Å². The van der Waals surface area contributed by atoms with Gasteiger partial charge >= 0.3 is 0 Å². The van der Waals surface area contributed by atoms with Gasteiger partial charge in [0.2, 0.25) is 5.91 Å². The van der Waals surface area contributed by atoms with Gasteiger partial charge in [0.1, 0.15) is 5.76 Å². The highest BCUT2D eigenvalue weighted by Crippen LogP contribution is 2.04. The largest absolute Gasteiger partial charge is 0.469 e. The molecular formula is C12H20N2O2. The summed E-state index contributed by atoms with van der Waals surface area (Å²) in [7, 11) is 0. The second kappa shape index (κ2) is 6.33. The summed E-state index contributed by atoms with van der Waals surface area (Å²) in [6, 6.07) is 3.85. The van der Waals surface area contributed by atoms with Crippen molar-refractivity contribution in [3.8, 4) is 0 Å². The number of carbonyl (C=O) groups is 1. The third-order valence-electron chi connectivity index (χ3n) is 2.37. The maximum atomic E-state index is 11.5. The van der Waals surface area contributed by atoms with Crippen LogP contribution in [0.15, 0.2) is 22.8 Å². The molecule has 0 spiro atoms. The van der Waals surface area contributed by atoms with Crippen molar-refractivity contribution in [3.05, 3.63) is 24.2 Å². The number of rotatable bonds is 6. The zero-order valence-corrected chi connectivity index (χ0v) is 10.1. The quantitative estimate of drug-likeness (QED) is 0.766. The predicted octanol–water partition coefficient (Wildman–Crippen LogP) is 1.32. The molecule has 0 bridgehead atoms. The molecule has 0 fully saturated rings. The van der Waals surface area contributed by atoms with Gasteiger partial charge in [0.15, 0.2) is 0 Å². The van der Waals surface area contributed by atoms with Crippen molar-refractivity contribution in [2.24, 2.45) is 0 Å². The third kappa shape index (κ3) is 4.06. The van der Waals surface area contributed by atoms with Crippen LogP contribution >= 0.6 is 0 Å². The molecule has 2 unspecified atom stereocenters. The fourth-order valence-corrected chi connectivity index (χ4v) is 1.62. The van der Waals surface area contributed by atoms with E-state index in [0.717, 1.165) is 12.2 Å². The molecule has 0 radical (unpaired) electrons. The Kier molecular flexibility index (Phi) is 5.05. The normalized spacial score (nSPS) is 14.4. The van der Waals surface area contributed by atoms with Crippen molar-refractivity contribution in [2.75, 3.05) is 6.54 Å². The van der Waals surface area contributed by atoms with Gasteiger partial charge in [-0.05, 0) is 32.9 Å². The summed E-state index contributed by atoms with van der Waals surface area (Å²) in [5.74, 6) is 0.969. The van der Waals surface area contributed by atoms with E-state index in [2.05, 4.69) is 10.6 Å². The molecule has 4 heteroatoms. The molecule has 2 N–H and O–H groups in total. The monoisotopic (exact) mass is 224 g/mol. The minimum absolute atomic E-state index is 0.0359. The molecule has 1 heterocycles. The second-order valence-electron chi connectivity index (χ2n) is 3.97. The number of carbonyl (C=O) groups excluding carboxylic acids is 1. The third-order valence-corrected chi connectivity index (χ3v) is 2.37. The van der Waals surface area contributed by atoms with Crippen molar-refractivity contribution in [3.63, 3.8) is 0 Å². The highest BCUT2D eigenvalue weighted by Gasteiger charge is 2.15. The summed E-state index contributed by atoms with van der Waals surface area (Å²) in [4.78, 5) is 11.5. The van der Waals surface area contributed by atoms with E-state index in [1.54, 1.807) is 6.26 Å². The van der Waals surface area contributed by atoms with Crippen LogP contribution in [0.3, 0.4) is 0 Å². The maximum Gasteiger partial charge on any atom is 0.236 e. The fourth-order valence-electron chi connectivity index (χ4n) is 1.62. The first-order valence-corrected chi connectivity index (χ1v) is 5.69. The van der Waals surface area contributed by atoms with Gasteiger partial charge < -0.3 is 15.1 Å². The van der Waals surface area contributed by atoms with E-state index in [1.165, 1.54) is 0 Å². The molecule has 0 aliphatic rings. The number of likely N-dealkylation sites (N-methyl/N-ethyl adjacent to an activating group) is 1. The molecule has 1 amide bonds. The van der Waals surface area contributed by atoms with Crippen LogP contribution in [0.25, 0.3) is 0 Å². The summed E-state index contributed by atoms with van der Waals surface area (Å²) >= 11 is 0. The Morgan fingerprint density at radius 3 is 2.81 bits per heavy atom. The Hall–Kier alpha value is -1.29. The molecule has 0 aliphatic carbocycles. The van der Waals surface area contributed by atoms with E-state index in [1.807, 2.05) is 32.9 Å². The van der Waals surface area contributed by atoms with Crippen molar-refractivity contribution < 1.29 is 9.21 Å². The van der Waals surface area contributed by atoms with Gasteiger partial charge in [-0.25, -0.2) is 0 Å². The lowest BCUT2D eigenvalue weighted by Crippen LogP contribution is -2.46. The zero-order valence-electron chi connectivity index (χ0n) is 10.1. The summed E-state index contributed by atoms with van der Waals surface area (Å²) in [5.41, 5.74) is 0. The molecule has 4 nitrogen and oxygen atoms in total. The molecule has 1 aromatic heterocycles. The number of hydrogen-bond acceptors (Lipinski definition) is 3. The zero-order chi connectivity index (χ0) is 12.0. The summed E-state index contributed by atoms with van der Waals surface area (Å²) < 4.78 is 5.25. The lowest BCUT2D eigenvalue weighted by molar-refractivity contribution is -0.122. The number of nitrogens with one attached hydrogen (secondary N) is 2. The average Bonchev–Trinajstić information content (AvgIpc) is 2.70. The molecule has 0 aromatic carbocycles. The van der Waals surface area contributed by atoms with E-state index in [-0.39, 0.29) is 18.0 Å². The molecule has 2 atom stereocenters. The Labute approximate surface area is 96.4 Å². The number of furan rings is 1. The van der Waals surface area contributed by atoms with E-state index >= 15 is 0 Å². The molecule has 90 valence electrons. The topological polar surface area (TPSA) is 54.3 Å². The SMILES string of the molecule is CCNC(=O)C(C)NC(C)Cc1ccco1. The van der Waals surface area contributed by atoms with E-state index in [4.69, 9.17) is 4.42 Å². The second-order valence-corrected chi connectivity index (χ2v) is 3.97. The first-order valence-electron chi connectivity index (χ1n) is 5.69. The van der Waals surface area contributed by atoms with Crippen molar-refractivity contribution in [1.82, 2.24) is 10.6 Å². The number of hydrogen-bond donors (Lipinski definition) is 2. The van der Waals surface area contributed by atoms with E-state index in [9.17, 15) is 4.79 Å². The first kappa shape index (κ1) is 12.8. The summed E-state index contributed by atoms with van der Waals surface area (Å²) in [6.45, 7) is 6.48. The molecule has 0 saturated carbocycles. The van der Waals surface area contributed by atoms with Crippen molar-refractivity contribution in [2.45, 2.75) is 39.3 Å². The van der Waals surface area contributed by atoms with Crippen LogP contribution in [0.1, 0.15) is 26.5 Å². The van der Waals surface area contributed by atoms with Gasteiger partial charge in [-0.3, -0.25) is 4.79 Å². The van der Waals surface area contributed by atoms with Crippen LogP contribution in [-0.4, -0.2) is 24.5 Å². The van der Waals surface area contributed by atoms with Crippen LogP contribution < -0.4 is 10.6 Å². The lowest BCUT2D eigenvalue weighted by atomic mass is 10.1. The molecule has 0 saturated heterocycles. The maximum absolute atomic E-state index is 11.5. The smallest absolute Gasteiger partial charge is 0.236 e. The summed E-state index contributed by atoms with van der Waals surface area (Å²) in [6.07, 6.45) is 2.45. The Balaban J connectivity index is 2.33. The summed E-state index contributed by atoms with van der Waals surface area (Å²) in [5, 5.41) is 6.02. The Bertz CT molecular complexity index is 309. The standard InChI is InChI=1S/C12H20N2O2/c1-4-13-12(15)10(3)14-9(2)8-11-6-5-7-16-11/h5-7,9-10,14H,4,8H2,1-3H3,(H,13,15). The van der Waals surface area contributed by atoms with E-state index in [0.29, 0.717) is 6.54 Å². The van der Waals surface area contributed by atoms with Crippen molar-refractivity contribution in [1.29, 1.82) is 0 Å². The van der Waals surface area contributed by atoms with Crippen LogP contribution in [0.4, 0.5) is 0 Å². The predicted molar refractivity (Wildman–Crippen MR) is 63.2 cm³/mol. The molecule has 1 rings (SSSR count). The highest BCUT2D eigenvalue weighted by molar-refractivity contribution is 5.81. The van der Waals surface area contributed by atoms with Gasteiger partial charge in [-0.2, -0.15) is 0 Å². The van der Waals surface area contributed by atoms with Gasteiger partial charge in [-0.15, -0.1) is 0 Å². The van der Waals surface area contributed by atoms with Gasteiger partial charge in [0, 0.05) is 19.0 Å². The van der Waals surface area contributed by atoms with Crippen LogP contribution in [0, 0.1) is 0 Å². The van der Waals surface area contributed by atoms with Gasteiger partial charge in [0.05, 0.1) is 12.3 Å². The van der Waals surface area contributed by atoms with Crippen molar-refractivity contribution >= 4 is 5.91 Å². The average molecular weight is 224 g/mol. The van der Waals surface area contributed by atoms with Crippen LogP contribution in [-0.2, 0) is 11.2 Å². The van der Waals surface area contributed by atoms with Gasteiger partial charge in [-0.1, -0.05) is 0 Å². The van der Waals surface area contributed by atoms with Crippen LogP contribution in [0.2, 0.25) is 0 Å². The molecule has 1 aromatic rings. The van der Waals surface area contributed by atoms with Crippen LogP contribution in [0.5, 0.6) is 0 Å². The Morgan fingerprint density at radius 2 is 2.25 bits per heavy atom. The van der Waals surface area contributed by atoms with Gasteiger partial charge in [0.25, 0.3) is 0 Å². The minimum Gasteiger partial charge on any atom is -0.469 e. The molecule has 16 heavy (non-hydrogen) atoms. The molecular weight excluding hydrogens is 204 g/mol. The minimum atomic E-state index is -0.176. The Morgan fingerprint density at radius 1 is 1.50 bits per heavy atom. The first-order chi connectivity index (χ1) is 7.63. The number of amides is 1. The highest BCUT2D eigenvalue weighted by atomic mass is 16.3.